The Bertz CT molecular complexity index is 1270. The first kappa shape index (κ1) is 20.9. The predicted molar refractivity (Wildman–Crippen MR) is 131 cm³/mol. The molecule has 0 atom stereocenters. The van der Waals surface area contributed by atoms with Gasteiger partial charge >= 0.3 is 6.09 Å². The molecule has 0 radical (unpaired) electrons. The minimum atomic E-state index is -0.618. The summed E-state index contributed by atoms with van der Waals surface area (Å²) in [6, 6.07) is 16.4. The fourth-order valence-corrected chi connectivity index (χ4v) is 5.71. The van der Waals surface area contributed by atoms with Gasteiger partial charge < -0.3 is 9.64 Å². The lowest BCUT2D eigenvalue weighted by Gasteiger charge is -2.44. The van der Waals surface area contributed by atoms with E-state index < -0.39 is 6.09 Å². The molecule has 0 unspecified atom stereocenters. The number of benzene rings is 2. The predicted octanol–water partition coefficient (Wildman–Crippen LogP) is 4.43. The molecule has 4 aliphatic rings. The zero-order valence-electron chi connectivity index (χ0n) is 19.4. The fourth-order valence-electron chi connectivity index (χ4n) is 5.71. The number of amides is 1. The van der Waals surface area contributed by atoms with Gasteiger partial charge in [0.15, 0.2) is 0 Å². The molecule has 0 aromatic heterocycles. The van der Waals surface area contributed by atoms with E-state index in [-0.39, 0.29) is 29.4 Å². The monoisotopic (exact) mass is 453 g/mol. The van der Waals surface area contributed by atoms with Crippen LogP contribution >= 0.6 is 0 Å². The van der Waals surface area contributed by atoms with E-state index in [1.165, 1.54) is 11.1 Å². The van der Waals surface area contributed by atoms with Gasteiger partial charge in [-0.05, 0) is 40.2 Å². The molecule has 0 fully saturated rings. The van der Waals surface area contributed by atoms with Gasteiger partial charge in [0.05, 0.1) is 23.7 Å². The summed E-state index contributed by atoms with van der Waals surface area (Å²) in [6.07, 6.45) is 1.98. The van der Waals surface area contributed by atoms with Crippen LogP contribution in [0.15, 0.2) is 76.6 Å². The second kappa shape index (κ2) is 7.69. The number of ketones is 1. The summed E-state index contributed by atoms with van der Waals surface area (Å²) in [4.78, 5) is 33.2. The van der Waals surface area contributed by atoms with Crippen LogP contribution in [0, 0.1) is 5.41 Å². The van der Waals surface area contributed by atoms with Gasteiger partial charge in [-0.1, -0.05) is 62.4 Å². The SMILES string of the molecule is CC1(C)CCN2CCN=C3C=C(NC(=O)OCC4c5ccccc5-c5ccccc54)C(=O)C1=C32. The molecule has 0 bridgehead atoms. The number of nitrogens with one attached hydrogen (secondary N) is 1. The van der Waals surface area contributed by atoms with Gasteiger partial charge in [0, 0.05) is 24.6 Å². The summed E-state index contributed by atoms with van der Waals surface area (Å²) in [5.74, 6) is -0.170. The highest BCUT2D eigenvalue weighted by atomic mass is 16.5. The lowest BCUT2D eigenvalue weighted by molar-refractivity contribution is -0.114. The number of aliphatic imine (C=N–C) groups is 1. The van der Waals surface area contributed by atoms with E-state index in [4.69, 9.17) is 4.74 Å². The van der Waals surface area contributed by atoms with E-state index in [1.807, 2.05) is 24.3 Å². The molecule has 6 heteroatoms. The number of allylic oxidation sites excluding steroid dienone is 2. The Morgan fingerprint density at radius 1 is 1.09 bits per heavy atom. The summed E-state index contributed by atoms with van der Waals surface area (Å²) in [5.41, 5.74) is 7.09. The maximum absolute atomic E-state index is 13.5. The highest BCUT2D eigenvalue weighted by Crippen LogP contribution is 2.45. The van der Waals surface area contributed by atoms with E-state index >= 15 is 0 Å². The minimum absolute atomic E-state index is 0.0305. The minimum Gasteiger partial charge on any atom is -0.448 e. The number of hydrogen-bond acceptors (Lipinski definition) is 5. The van der Waals surface area contributed by atoms with Gasteiger partial charge in [0.1, 0.15) is 6.61 Å². The van der Waals surface area contributed by atoms with Crippen LogP contribution in [0.3, 0.4) is 0 Å². The van der Waals surface area contributed by atoms with Crippen LogP contribution in [0.5, 0.6) is 0 Å². The van der Waals surface area contributed by atoms with Gasteiger partial charge in [-0.15, -0.1) is 0 Å². The molecule has 2 aliphatic heterocycles. The number of carbonyl (C=O) groups excluding carboxylic acids is 2. The average Bonchev–Trinajstić information content (AvgIpc) is 3.15. The highest BCUT2D eigenvalue weighted by Gasteiger charge is 2.43. The summed E-state index contributed by atoms with van der Waals surface area (Å²) < 4.78 is 5.67. The van der Waals surface area contributed by atoms with Crippen LogP contribution in [0.25, 0.3) is 11.1 Å². The number of nitrogens with zero attached hydrogens (tertiary/aromatic N) is 2. The lowest BCUT2D eigenvalue weighted by Crippen LogP contribution is -2.48. The van der Waals surface area contributed by atoms with E-state index in [2.05, 4.69) is 53.3 Å². The van der Waals surface area contributed by atoms with Crippen molar-refractivity contribution in [2.45, 2.75) is 26.2 Å². The molecule has 2 aliphatic carbocycles. The van der Waals surface area contributed by atoms with E-state index in [1.54, 1.807) is 6.08 Å². The Kier molecular flexibility index (Phi) is 4.73. The summed E-state index contributed by atoms with van der Waals surface area (Å²) in [6.45, 7) is 6.82. The Hall–Kier alpha value is -3.67. The van der Waals surface area contributed by atoms with Gasteiger partial charge in [-0.3, -0.25) is 15.1 Å². The van der Waals surface area contributed by atoms with Crippen molar-refractivity contribution in [3.05, 3.63) is 82.7 Å². The summed E-state index contributed by atoms with van der Waals surface area (Å²) in [5, 5.41) is 2.73. The maximum Gasteiger partial charge on any atom is 0.411 e. The maximum atomic E-state index is 13.5. The normalized spacial score (nSPS) is 20.2. The number of alkyl carbamates (subject to hydrolysis) is 1. The Balaban J connectivity index is 1.22. The summed E-state index contributed by atoms with van der Waals surface area (Å²) in [7, 11) is 0. The zero-order chi connectivity index (χ0) is 23.4. The molecule has 6 rings (SSSR count). The average molecular weight is 454 g/mol. The second-order valence-corrected chi connectivity index (χ2v) is 9.95. The van der Waals surface area contributed by atoms with Crippen molar-refractivity contribution in [3.63, 3.8) is 0 Å². The molecular weight excluding hydrogens is 426 g/mol. The fraction of sp³-hybridized carbons (Fsp3) is 0.321. The third kappa shape index (κ3) is 3.20. The molecule has 2 heterocycles. The van der Waals surface area contributed by atoms with Gasteiger partial charge in [0.25, 0.3) is 0 Å². The molecular formula is C28H27N3O3. The van der Waals surface area contributed by atoms with Crippen molar-refractivity contribution < 1.29 is 14.3 Å². The van der Waals surface area contributed by atoms with Crippen LogP contribution in [0.1, 0.15) is 37.3 Å². The number of fused-ring (bicyclic) bond motifs is 3. The van der Waals surface area contributed by atoms with Crippen LogP contribution in [0.2, 0.25) is 0 Å². The van der Waals surface area contributed by atoms with Crippen molar-refractivity contribution in [3.8, 4) is 11.1 Å². The first-order chi connectivity index (χ1) is 16.4. The van der Waals surface area contributed by atoms with Gasteiger partial charge in [-0.25, -0.2) is 4.79 Å². The van der Waals surface area contributed by atoms with E-state index in [0.717, 1.165) is 47.6 Å². The third-order valence-corrected chi connectivity index (χ3v) is 7.46. The van der Waals surface area contributed by atoms with Crippen molar-refractivity contribution in [2.75, 3.05) is 26.2 Å². The molecule has 1 amide bonds. The van der Waals surface area contributed by atoms with Crippen LogP contribution in [-0.4, -0.2) is 48.7 Å². The zero-order valence-corrected chi connectivity index (χ0v) is 19.4. The molecule has 172 valence electrons. The quantitative estimate of drug-likeness (QED) is 0.698. The molecule has 2 aromatic rings. The van der Waals surface area contributed by atoms with Crippen molar-refractivity contribution in [2.24, 2.45) is 10.4 Å². The van der Waals surface area contributed by atoms with Crippen molar-refractivity contribution in [1.82, 2.24) is 10.2 Å². The molecule has 0 saturated heterocycles. The Labute approximate surface area is 199 Å². The third-order valence-electron chi connectivity index (χ3n) is 7.46. The molecule has 6 nitrogen and oxygen atoms in total. The topological polar surface area (TPSA) is 71.0 Å². The smallest absolute Gasteiger partial charge is 0.411 e. The van der Waals surface area contributed by atoms with Gasteiger partial charge in [0.2, 0.25) is 5.78 Å². The Morgan fingerprint density at radius 2 is 1.76 bits per heavy atom. The number of rotatable bonds is 3. The molecule has 1 N–H and O–H groups in total. The standard InChI is InChI=1S/C28H27N3O3/c1-28(2)11-13-31-14-12-29-22-15-23(26(32)24(28)25(22)31)30-27(33)34-16-21-19-9-5-3-7-17(19)18-8-4-6-10-20(18)21/h3-10,15,21H,11-14,16H2,1-2H3,(H,30,33). The van der Waals surface area contributed by atoms with Gasteiger partial charge in [-0.2, -0.15) is 0 Å². The first-order valence-corrected chi connectivity index (χ1v) is 11.9. The molecule has 0 saturated carbocycles. The number of hydrogen-bond donors (Lipinski definition) is 1. The first-order valence-electron chi connectivity index (χ1n) is 11.9. The van der Waals surface area contributed by atoms with Crippen LogP contribution < -0.4 is 5.32 Å². The second-order valence-electron chi connectivity index (χ2n) is 9.95. The van der Waals surface area contributed by atoms with E-state index in [9.17, 15) is 9.59 Å². The largest absolute Gasteiger partial charge is 0.448 e. The van der Waals surface area contributed by atoms with E-state index in [0.29, 0.717) is 6.54 Å². The Morgan fingerprint density at radius 3 is 2.47 bits per heavy atom. The molecule has 2 aromatic carbocycles. The van der Waals surface area contributed by atoms with Crippen molar-refractivity contribution in [1.29, 1.82) is 0 Å². The molecule has 34 heavy (non-hydrogen) atoms. The molecule has 0 spiro atoms. The van der Waals surface area contributed by atoms with Crippen LogP contribution in [0.4, 0.5) is 4.79 Å². The lowest BCUT2D eigenvalue weighted by atomic mass is 9.72. The van der Waals surface area contributed by atoms with Crippen LogP contribution in [-0.2, 0) is 9.53 Å². The highest BCUT2D eigenvalue weighted by molar-refractivity contribution is 6.25. The number of Topliss-reactive ketones (excluding diaryl/α,β-unsaturated/α-hetero) is 1. The van der Waals surface area contributed by atoms with Crippen molar-refractivity contribution >= 4 is 17.6 Å². The summed E-state index contributed by atoms with van der Waals surface area (Å²) >= 11 is 0. The number of ether oxygens (including phenoxy) is 1. The number of carbonyl (C=O) groups is 2.